The van der Waals surface area contributed by atoms with E-state index in [0.717, 1.165) is 12.3 Å². The molecule has 0 unspecified atom stereocenters. The van der Waals surface area contributed by atoms with Gasteiger partial charge in [-0.2, -0.15) is 0 Å². The molecule has 142 valence electrons. The van der Waals surface area contributed by atoms with E-state index in [-0.39, 0.29) is 24.2 Å². The van der Waals surface area contributed by atoms with Crippen molar-refractivity contribution < 1.29 is 19.8 Å². The summed E-state index contributed by atoms with van der Waals surface area (Å²) in [6.45, 7) is 4.70. The van der Waals surface area contributed by atoms with Gasteiger partial charge in [-0.15, -0.1) is 0 Å². The Hall–Kier alpha value is -1.06. The lowest BCUT2D eigenvalue weighted by Gasteiger charge is -2.59. The van der Waals surface area contributed by atoms with Crippen molar-refractivity contribution in [3.8, 4) is 0 Å². The standard InChI is InChI=1S/C21H34O4/c1-20-11-3-4-16(20)15-7-5-14(6-8-18(22)23)21(2,13-10-19(24)25)17(15)9-12-20/h14-17H,3-13H2,1-2H3,(H,22,23)(H,24,25)/p-2/t14-,15+,16+,17-,20+,21-/m1/s1. The van der Waals surface area contributed by atoms with E-state index in [1.165, 1.54) is 38.5 Å². The van der Waals surface area contributed by atoms with Crippen LogP contribution in [0.3, 0.4) is 0 Å². The third kappa shape index (κ3) is 3.46. The SMILES string of the molecule is C[C@@]12CCC[C@H]1[C@@H]1CC[C@H](CCC(=O)[O-])[C@@](C)(CCC(=O)[O-])[C@@H]1CC2. The van der Waals surface area contributed by atoms with Crippen molar-refractivity contribution in [3.05, 3.63) is 0 Å². The zero-order valence-corrected chi connectivity index (χ0v) is 15.7. The number of carbonyl (C=O) groups is 2. The second kappa shape index (κ2) is 6.92. The van der Waals surface area contributed by atoms with Gasteiger partial charge >= 0.3 is 0 Å². The van der Waals surface area contributed by atoms with E-state index in [0.29, 0.717) is 30.1 Å². The lowest BCUT2D eigenvalue weighted by Crippen LogP contribution is -2.51. The number of hydrogen-bond donors (Lipinski definition) is 0. The quantitative estimate of drug-likeness (QED) is 0.737. The molecule has 0 heterocycles. The summed E-state index contributed by atoms with van der Waals surface area (Å²) >= 11 is 0. The van der Waals surface area contributed by atoms with Crippen molar-refractivity contribution in [1.82, 2.24) is 0 Å². The Kier molecular flexibility index (Phi) is 5.18. The highest BCUT2D eigenvalue weighted by molar-refractivity contribution is 5.64. The summed E-state index contributed by atoms with van der Waals surface area (Å²) in [6.07, 6.45) is 10.0. The summed E-state index contributed by atoms with van der Waals surface area (Å²) < 4.78 is 0. The van der Waals surface area contributed by atoms with Crippen molar-refractivity contribution in [2.75, 3.05) is 0 Å². The molecule has 6 atom stereocenters. The summed E-state index contributed by atoms with van der Waals surface area (Å²) in [5.74, 6) is 0.308. The fourth-order valence-corrected chi connectivity index (χ4v) is 7.06. The van der Waals surface area contributed by atoms with Gasteiger partial charge in [0, 0.05) is 11.9 Å². The summed E-state index contributed by atoms with van der Waals surface area (Å²) in [5.41, 5.74) is 0.399. The first kappa shape index (κ1) is 18.7. The van der Waals surface area contributed by atoms with Gasteiger partial charge in [0.05, 0.1) is 0 Å². The van der Waals surface area contributed by atoms with E-state index < -0.39 is 11.9 Å². The molecule has 0 bridgehead atoms. The molecule has 3 aliphatic rings. The maximum Gasteiger partial charge on any atom is 0.0414 e. The van der Waals surface area contributed by atoms with Gasteiger partial charge in [0.25, 0.3) is 0 Å². The smallest absolute Gasteiger partial charge is 0.0414 e. The molecule has 4 heteroatoms. The first-order valence-electron chi connectivity index (χ1n) is 10.2. The predicted octanol–water partition coefficient (Wildman–Crippen LogP) is 2.30. The molecule has 3 saturated carbocycles. The van der Waals surface area contributed by atoms with Crippen LogP contribution in [-0.4, -0.2) is 11.9 Å². The number of hydrogen-bond acceptors (Lipinski definition) is 4. The Balaban J connectivity index is 1.83. The van der Waals surface area contributed by atoms with Crippen LogP contribution in [-0.2, 0) is 9.59 Å². The number of carboxylic acids is 2. The van der Waals surface area contributed by atoms with Crippen molar-refractivity contribution in [2.24, 2.45) is 34.5 Å². The van der Waals surface area contributed by atoms with Gasteiger partial charge in [-0.25, -0.2) is 0 Å². The van der Waals surface area contributed by atoms with Crippen molar-refractivity contribution in [3.63, 3.8) is 0 Å². The van der Waals surface area contributed by atoms with Crippen LogP contribution in [0.25, 0.3) is 0 Å². The van der Waals surface area contributed by atoms with Crippen LogP contribution in [0.1, 0.15) is 84.5 Å². The highest BCUT2D eigenvalue weighted by atomic mass is 16.4. The zero-order valence-electron chi connectivity index (χ0n) is 15.7. The van der Waals surface area contributed by atoms with Crippen LogP contribution in [0.4, 0.5) is 0 Å². The molecule has 0 radical (unpaired) electrons. The number of carbonyl (C=O) groups excluding carboxylic acids is 2. The molecule has 0 amide bonds. The van der Waals surface area contributed by atoms with E-state index in [1.807, 2.05) is 0 Å². The summed E-state index contributed by atoms with van der Waals surface area (Å²) in [5, 5.41) is 22.1. The lowest BCUT2D eigenvalue weighted by atomic mass is 9.46. The highest BCUT2D eigenvalue weighted by Crippen LogP contribution is 2.65. The fraction of sp³-hybridized carbons (Fsp3) is 0.905. The summed E-state index contributed by atoms with van der Waals surface area (Å²) in [6, 6.07) is 0. The molecular weight excluding hydrogens is 316 g/mol. The Morgan fingerprint density at radius 2 is 1.64 bits per heavy atom. The topological polar surface area (TPSA) is 80.3 Å². The van der Waals surface area contributed by atoms with Crippen molar-refractivity contribution >= 4 is 11.9 Å². The Bertz CT molecular complexity index is 530. The van der Waals surface area contributed by atoms with E-state index in [4.69, 9.17) is 0 Å². The molecule has 0 spiro atoms. The van der Waals surface area contributed by atoms with Crippen LogP contribution < -0.4 is 10.2 Å². The fourth-order valence-electron chi connectivity index (χ4n) is 7.06. The maximum atomic E-state index is 11.1. The molecular formula is C21H32O4-2. The van der Waals surface area contributed by atoms with Crippen LogP contribution in [0.15, 0.2) is 0 Å². The first-order chi connectivity index (χ1) is 11.8. The molecule has 3 rings (SSSR count). The largest absolute Gasteiger partial charge is 0.550 e. The first-order valence-corrected chi connectivity index (χ1v) is 10.2. The van der Waals surface area contributed by atoms with Gasteiger partial charge in [0.1, 0.15) is 0 Å². The average molecular weight is 348 g/mol. The monoisotopic (exact) mass is 348 g/mol. The molecule has 3 aliphatic carbocycles. The van der Waals surface area contributed by atoms with Gasteiger partial charge in [-0.3, -0.25) is 0 Å². The van der Waals surface area contributed by atoms with Gasteiger partial charge in [-0.1, -0.05) is 20.3 Å². The second-order valence-electron chi connectivity index (χ2n) is 9.52. The lowest BCUT2D eigenvalue weighted by molar-refractivity contribution is -0.308. The number of fused-ring (bicyclic) bond motifs is 3. The second-order valence-corrected chi connectivity index (χ2v) is 9.52. The normalized spacial score (nSPS) is 43.3. The maximum absolute atomic E-state index is 11.1. The van der Waals surface area contributed by atoms with E-state index in [2.05, 4.69) is 13.8 Å². The Labute approximate surface area is 151 Å². The third-order valence-electron chi connectivity index (χ3n) is 8.41. The van der Waals surface area contributed by atoms with E-state index in [9.17, 15) is 19.8 Å². The minimum atomic E-state index is -0.989. The Morgan fingerprint density at radius 3 is 2.32 bits per heavy atom. The molecule has 4 nitrogen and oxygen atoms in total. The molecule has 25 heavy (non-hydrogen) atoms. The van der Waals surface area contributed by atoms with E-state index >= 15 is 0 Å². The Morgan fingerprint density at radius 1 is 0.920 bits per heavy atom. The third-order valence-corrected chi connectivity index (χ3v) is 8.41. The number of rotatable bonds is 6. The molecule has 0 aromatic heterocycles. The molecule has 0 aromatic carbocycles. The molecule has 0 aliphatic heterocycles. The minimum Gasteiger partial charge on any atom is -0.550 e. The van der Waals surface area contributed by atoms with Crippen LogP contribution in [0, 0.1) is 34.5 Å². The van der Waals surface area contributed by atoms with Crippen molar-refractivity contribution in [2.45, 2.75) is 84.5 Å². The molecule has 0 saturated heterocycles. The summed E-state index contributed by atoms with van der Waals surface area (Å²) in [4.78, 5) is 22.1. The summed E-state index contributed by atoms with van der Waals surface area (Å²) in [7, 11) is 0. The molecule has 3 fully saturated rings. The zero-order chi connectivity index (χ0) is 18.2. The molecule has 0 aromatic rings. The average Bonchev–Trinajstić information content (AvgIpc) is 2.94. The highest BCUT2D eigenvalue weighted by Gasteiger charge is 2.56. The van der Waals surface area contributed by atoms with Gasteiger partial charge < -0.3 is 19.8 Å². The van der Waals surface area contributed by atoms with Gasteiger partial charge in [0.15, 0.2) is 0 Å². The van der Waals surface area contributed by atoms with Crippen LogP contribution >= 0.6 is 0 Å². The molecule has 0 N–H and O–H groups in total. The van der Waals surface area contributed by atoms with Crippen LogP contribution in [0.2, 0.25) is 0 Å². The minimum absolute atomic E-state index is 0.0810. The van der Waals surface area contributed by atoms with Gasteiger partial charge in [-0.05, 0) is 98.7 Å². The van der Waals surface area contributed by atoms with Crippen LogP contribution in [0.5, 0.6) is 0 Å². The number of aliphatic carboxylic acids is 2. The van der Waals surface area contributed by atoms with Crippen molar-refractivity contribution in [1.29, 1.82) is 0 Å². The van der Waals surface area contributed by atoms with Gasteiger partial charge in [0.2, 0.25) is 0 Å². The number of carboxylic acid groups (broad SMARTS) is 2. The predicted molar refractivity (Wildman–Crippen MR) is 91.0 cm³/mol. The van der Waals surface area contributed by atoms with E-state index in [1.54, 1.807) is 0 Å².